The first-order chi connectivity index (χ1) is 9.19. The number of hydrogen-bond acceptors (Lipinski definition) is 5. The summed E-state index contributed by atoms with van der Waals surface area (Å²) in [6.45, 7) is 0. The highest BCUT2D eigenvalue weighted by Gasteiger charge is 2.15. The van der Waals surface area contributed by atoms with Crippen LogP contribution in [0.2, 0.25) is 0 Å². The SMILES string of the molecule is CNC(=O)c1nc(CC(=O)Nc2ccccc2)no1. The van der Waals surface area contributed by atoms with Crippen LogP contribution in [0.5, 0.6) is 0 Å². The monoisotopic (exact) mass is 260 g/mol. The average Bonchev–Trinajstić information content (AvgIpc) is 2.87. The smallest absolute Gasteiger partial charge is 0.315 e. The van der Waals surface area contributed by atoms with Gasteiger partial charge in [-0.15, -0.1) is 0 Å². The van der Waals surface area contributed by atoms with Gasteiger partial charge in [-0.3, -0.25) is 9.59 Å². The molecule has 7 heteroatoms. The van der Waals surface area contributed by atoms with Gasteiger partial charge >= 0.3 is 11.8 Å². The van der Waals surface area contributed by atoms with Crippen molar-refractivity contribution in [2.24, 2.45) is 0 Å². The summed E-state index contributed by atoms with van der Waals surface area (Å²) < 4.78 is 4.72. The lowest BCUT2D eigenvalue weighted by atomic mass is 10.3. The van der Waals surface area contributed by atoms with Crippen molar-refractivity contribution in [3.05, 3.63) is 42.0 Å². The molecule has 0 fully saturated rings. The second-order valence-electron chi connectivity index (χ2n) is 3.69. The fourth-order valence-corrected chi connectivity index (χ4v) is 1.40. The quantitative estimate of drug-likeness (QED) is 0.839. The Kier molecular flexibility index (Phi) is 3.87. The lowest BCUT2D eigenvalue weighted by molar-refractivity contribution is -0.115. The summed E-state index contributed by atoms with van der Waals surface area (Å²) in [5.74, 6) is -0.769. The number of benzene rings is 1. The minimum absolute atomic E-state index is 0.0601. The van der Waals surface area contributed by atoms with Gasteiger partial charge in [-0.2, -0.15) is 4.98 Å². The fourth-order valence-electron chi connectivity index (χ4n) is 1.40. The number of amides is 2. The molecule has 0 bridgehead atoms. The van der Waals surface area contributed by atoms with Gasteiger partial charge in [0.2, 0.25) is 5.91 Å². The number of nitrogens with zero attached hydrogens (tertiary/aromatic N) is 2. The Balaban J connectivity index is 1.96. The second-order valence-corrected chi connectivity index (χ2v) is 3.69. The van der Waals surface area contributed by atoms with Crippen LogP contribution in [0.4, 0.5) is 5.69 Å². The van der Waals surface area contributed by atoms with Gasteiger partial charge in [0.15, 0.2) is 5.82 Å². The molecule has 0 aliphatic heterocycles. The van der Waals surface area contributed by atoms with Crippen LogP contribution < -0.4 is 10.6 Å². The summed E-state index contributed by atoms with van der Waals surface area (Å²) in [6, 6.07) is 9.01. The third-order valence-electron chi connectivity index (χ3n) is 2.27. The molecule has 1 aromatic carbocycles. The standard InChI is InChI=1S/C12H12N4O3/c1-13-11(18)12-15-9(16-19-12)7-10(17)14-8-5-3-2-4-6-8/h2-6H,7H2,1H3,(H,13,18)(H,14,17). The normalized spacial score (nSPS) is 9.95. The summed E-state index contributed by atoms with van der Waals surface area (Å²) >= 11 is 0. The molecule has 1 aromatic heterocycles. The van der Waals surface area contributed by atoms with Gasteiger partial charge in [0.25, 0.3) is 0 Å². The zero-order valence-electron chi connectivity index (χ0n) is 10.2. The Hall–Kier alpha value is -2.70. The summed E-state index contributed by atoms with van der Waals surface area (Å²) in [4.78, 5) is 26.7. The largest absolute Gasteiger partial charge is 0.351 e. The van der Waals surface area contributed by atoms with Crippen LogP contribution in [0.15, 0.2) is 34.9 Å². The number of nitrogens with one attached hydrogen (secondary N) is 2. The van der Waals surface area contributed by atoms with Crippen LogP contribution in [0.3, 0.4) is 0 Å². The number of para-hydroxylation sites is 1. The summed E-state index contributed by atoms with van der Waals surface area (Å²) in [6.07, 6.45) is -0.0601. The van der Waals surface area contributed by atoms with Gasteiger partial charge < -0.3 is 15.2 Å². The number of hydrogen-bond donors (Lipinski definition) is 2. The van der Waals surface area contributed by atoms with Crippen molar-refractivity contribution in [1.82, 2.24) is 15.5 Å². The average molecular weight is 260 g/mol. The maximum absolute atomic E-state index is 11.7. The first-order valence-corrected chi connectivity index (χ1v) is 5.58. The molecule has 2 N–H and O–H groups in total. The molecule has 0 spiro atoms. The Bertz CT molecular complexity index is 580. The molecule has 7 nitrogen and oxygen atoms in total. The van der Waals surface area contributed by atoms with E-state index in [-0.39, 0.29) is 24.0 Å². The van der Waals surface area contributed by atoms with Gasteiger partial charge in [0.1, 0.15) is 0 Å². The van der Waals surface area contributed by atoms with Crippen molar-refractivity contribution >= 4 is 17.5 Å². The van der Waals surface area contributed by atoms with E-state index in [2.05, 4.69) is 20.8 Å². The molecular weight excluding hydrogens is 248 g/mol. The number of aromatic nitrogens is 2. The van der Waals surface area contributed by atoms with Gasteiger partial charge in [-0.1, -0.05) is 23.4 Å². The highest BCUT2D eigenvalue weighted by Crippen LogP contribution is 2.06. The molecule has 1 heterocycles. The highest BCUT2D eigenvalue weighted by atomic mass is 16.5. The predicted molar refractivity (Wildman–Crippen MR) is 66.5 cm³/mol. The topological polar surface area (TPSA) is 97.1 Å². The lowest BCUT2D eigenvalue weighted by Gasteiger charge is -2.01. The molecule has 0 atom stereocenters. The molecule has 0 saturated heterocycles. The summed E-state index contributed by atoms with van der Waals surface area (Å²) in [7, 11) is 1.45. The number of anilines is 1. The Morgan fingerprint density at radius 3 is 2.68 bits per heavy atom. The summed E-state index contributed by atoms with van der Waals surface area (Å²) in [5, 5.41) is 8.59. The van der Waals surface area contributed by atoms with Crippen LogP contribution in [-0.2, 0) is 11.2 Å². The molecule has 0 aliphatic rings. The van der Waals surface area contributed by atoms with Crippen molar-refractivity contribution in [3.8, 4) is 0 Å². The molecule has 2 aromatic rings. The first-order valence-electron chi connectivity index (χ1n) is 5.58. The van der Waals surface area contributed by atoms with E-state index >= 15 is 0 Å². The maximum atomic E-state index is 11.7. The second kappa shape index (κ2) is 5.76. The third kappa shape index (κ3) is 3.38. The lowest BCUT2D eigenvalue weighted by Crippen LogP contribution is -2.18. The first kappa shape index (κ1) is 12.7. The molecular formula is C12H12N4O3. The fraction of sp³-hybridized carbons (Fsp3) is 0.167. The molecule has 0 unspecified atom stereocenters. The Morgan fingerprint density at radius 2 is 2.00 bits per heavy atom. The van der Waals surface area contributed by atoms with E-state index < -0.39 is 5.91 Å². The van der Waals surface area contributed by atoms with E-state index in [1.165, 1.54) is 7.05 Å². The van der Waals surface area contributed by atoms with Crippen LogP contribution in [0.1, 0.15) is 16.5 Å². The van der Waals surface area contributed by atoms with Crippen LogP contribution in [-0.4, -0.2) is 29.0 Å². The molecule has 2 amide bonds. The number of carbonyl (C=O) groups excluding carboxylic acids is 2. The Labute approximate surface area is 109 Å². The number of carbonyl (C=O) groups is 2. The van der Waals surface area contributed by atoms with Crippen LogP contribution in [0.25, 0.3) is 0 Å². The molecule has 19 heavy (non-hydrogen) atoms. The van der Waals surface area contributed by atoms with Gasteiger partial charge in [-0.25, -0.2) is 0 Å². The zero-order chi connectivity index (χ0) is 13.7. The van der Waals surface area contributed by atoms with Crippen LogP contribution in [0, 0.1) is 0 Å². The van der Waals surface area contributed by atoms with Crippen molar-refractivity contribution in [3.63, 3.8) is 0 Å². The highest BCUT2D eigenvalue weighted by molar-refractivity contribution is 5.92. The minimum Gasteiger partial charge on any atom is -0.351 e. The number of rotatable bonds is 4. The molecule has 0 saturated carbocycles. The Morgan fingerprint density at radius 1 is 1.26 bits per heavy atom. The zero-order valence-corrected chi connectivity index (χ0v) is 10.2. The van der Waals surface area contributed by atoms with Gasteiger partial charge in [-0.05, 0) is 12.1 Å². The summed E-state index contributed by atoms with van der Waals surface area (Å²) in [5.41, 5.74) is 0.683. The van der Waals surface area contributed by atoms with Crippen LogP contribution >= 0.6 is 0 Å². The molecule has 2 rings (SSSR count). The van der Waals surface area contributed by atoms with Crippen molar-refractivity contribution in [1.29, 1.82) is 0 Å². The van der Waals surface area contributed by atoms with Crippen molar-refractivity contribution in [2.45, 2.75) is 6.42 Å². The molecule has 98 valence electrons. The predicted octanol–water partition coefficient (Wildman–Crippen LogP) is 0.610. The van der Waals surface area contributed by atoms with E-state index in [4.69, 9.17) is 4.52 Å². The van der Waals surface area contributed by atoms with Crippen molar-refractivity contribution in [2.75, 3.05) is 12.4 Å². The van der Waals surface area contributed by atoms with E-state index in [0.29, 0.717) is 5.69 Å². The van der Waals surface area contributed by atoms with Crippen molar-refractivity contribution < 1.29 is 14.1 Å². The molecule has 0 radical (unpaired) electrons. The maximum Gasteiger partial charge on any atom is 0.315 e. The van der Waals surface area contributed by atoms with E-state index in [1.54, 1.807) is 12.1 Å². The van der Waals surface area contributed by atoms with E-state index in [0.717, 1.165) is 0 Å². The van der Waals surface area contributed by atoms with Gasteiger partial charge in [0, 0.05) is 12.7 Å². The van der Waals surface area contributed by atoms with Gasteiger partial charge in [0.05, 0.1) is 6.42 Å². The molecule has 0 aliphatic carbocycles. The van der Waals surface area contributed by atoms with E-state index in [9.17, 15) is 9.59 Å². The minimum atomic E-state index is -0.484. The third-order valence-corrected chi connectivity index (χ3v) is 2.27. The van der Waals surface area contributed by atoms with E-state index in [1.807, 2.05) is 18.2 Å².